The van der Waals surface area contributed by atoms with Crippen LogP contribution in [0.2, 0.25) is 0 Å². The summed E-state index contributed by atoms with van der Waals surface area (Å²) in [5, 5.41) is 10.5. The van der Waals surface area contributed by atoms with Crippen molar-refractivity contribution >= 4 is 5.97 Å². The van der Waals surface area contributed by atoms with Crippen LogP contribution in [0, 0.1) is 52.3 Å². The Morgan fingerprint density at radius 2 is 1.66 bits per heavy atom. The molecule has 1 aromatic rings. The third-order valence-corrected chi connectivity index (χ3v) is 13.2. The van der Waals surface area contributed by atoms with E-state index in [-0.39, 0.29) is 29.0 Å². The van der Waals surface area contributed by atoms with Crippen molar-refractivity contribution in [3.63, 3.8) is 0 Å². The Morgan fingerprint density at radius 3 is 2.37 bits per heavy atom. The fourth-order valence-electron chi connectivity index (χ4n) is 10.7. The van der Waals surface area contributed by atoms with Crippen molar-refractivity contribution in [2.24, 2.45) is 52.3 Å². The number of rotatable bonds is 7. The second-order valence-electron chi connectivity index (χ2n) is 15.4. The third kappa shape index (κ3) is 5.20. The predicted molar refractivity (Wildman–Crippen MR) is 160 cm³/mol. The lowest BCUT2D eigenvalue weighted by Crippen LogP contribution is -2.60. The summed E-state index contributed by atoms with van der Waals surface area (Å²) < 4.78 is 19.1. The van der Waals surface area contributed by atoms with Crippen molar-refractivity contribution in [2.45, 2.75) is 117 Å². The zero-order chi connectivity index (χ0) is 29.0. The van der Waals surface area contributed by atoms with Gasteiger partial charge >= 0.3 is 5.97 Å². The first-order valence-corrected chi connectivity index (χ1v) is 16.8. The Bertz CT molecular complexity index is 1060. The molecular weight excluding hydrogens is 512 g/mol. The molecule has 0 radical (unpaired) electrons. The molecule has 6 rings (SSSR count). The number of hydrogen-bond acceptors (Lipinski definition) is 5. The minimum atomic E-state index is -0.428. The van der Waals surface area contributed by atoms with Crippen LogP contribution in [0.3, 0.4) is 0 Å². The summed E-state index contributed by atoms with van der Waals surface area (Å²) in [5.41, 5.74) is 1.14. The molecule has 4 saturated carbocycles. The highest BCUT2D eigenvalue weighted by Gasteiger charge is 2.65. The summed E-state index contributed by atoms with van der Waals surface area (Å²) in [6.45, 7) is 13.2. The first-order valence-electron chi connectivity index (χ1n) is 16.8. The first kappa shape index (κ1) is 29.6. The van der Waals surface area contributed by atoms with Crippen molar-refractivity contribution < 1.29 is 24.1 Å². The molecule has 1 heterocycles. The van der Waals surface area contributed by atoms with E-state index in [1.807, 2.05) is 30.3 Å². The van der Waals surface area contributed by atoms with Crippen molar-refractivity contribution in [3.05, 3.63) is 35.9 Å². The van der Waals surface area contributed by atoms with E-state index in [0.717, 1.165) is 38.5 Å². The highest BCUT2D eigenvalue weighted by molar-refractivity contribution is 5.89. The van der Waals surface area contributed by atoms with Crippen molar-refractivity contribution in [2.75, 3.05) is 13.2 Å². The van der Waals surface area contributed by atoms with Gasteiger partial charge in [0.15, 0.2) is 5.79 Å². The van der Waals surface area contributed by atoms with E-state index < -0.39 is 5.79 Å². The lowest BCUT2D eigenvalue weighted by atomic mass is 9.43. The van der Waals surface area contributed by atoms with Crippen LogP contribution >= 0.6 is 0 Å². The summed E-state index contributed by atoms with van der Waals surface area (Å²) in [6, 6.07) is 9.56. The average molecular weight is 567 g/mol. The molecule has 0 amide bonds. The summed E-state index contributed by atoms with van der Waals surface area (Å²) >= 11 is 0. The lowest BCUT2D eigenvalue weighted by Gasteiger charge is -2.63. The van der Waals surface area contributed by atoms with Crippen LogP contribution in [0.25, 0.3) is 0 Å². The number of hydrogen-bond donors (Lipinski definition) is 1. The van der Waals surface area contributed by atoms with E-state index in [0.29, 0.717) is 60.2 Å². The molecule has 5 heteroatoms. The fraction of sp³-hybridized carbons (Fsp3) is 0.806. The topological polar surface area (TPSA) is 65.0 Å². The smallest absolute Gasteiger partial charge is 0.338 e. The number of ether oxygens (including phenoxy) is 3. The van der Waals surface area contributed by atoms with Crippen molar-refractivity contribution in [1.29, 1.82) is 0 Å². The number of carbonyl (C=O) groups excluding carboxylic acids is 1. The van der Waals surface area contributed by atoms with Crippen LogP contribution in [0.15, 0.2) is 30.3 Å². The van der Waals surface area contributed by atoms with Gasteiger partial charge in [0.25, 0.3) is 0 Å². The molecule has 1 N–H and O–H groups in total. The van der Waals surface area contributed by atoms with E-state index in [2.05, 4.69) is 34.6 Å². The molecule has 10 atom stereocenters. The maximum Gasteiger partial charge on any atom is 0.338 e. The van der Waals surface area contributed by atoms with Crippen LogP contribution < -0.4 is 0 Å². The zero-order valence-electron chi connectivity index (χ0n) is 26.1. The summed E-state index contributed by atoms with van der Waals surface area (Å²) in [4.78, 5) is 13.5. The van der Waals surface area contributed by atoms with E-state index in [9.17, 15) is 9.90 Å². The summed E-state index contributed by atoms with van der Waals surface area (Å²) in [5.74, 6) is 2.95. The molecule has 0 aromatic heterocycles. The SMILES string of the molecule is CC(C)[C@H](O)CC[C@@H](C)C1CCC2C3C(CC[C@@]21C)[C@@]1(C)CCC2(C[C@@H]1C[C@H]3OC(=O)c1ccccc1)OCCO2. The van der Waals surface area contributed by atoms with Gasteiger partial charge in [0.1, 0.15) is 6.10 Å². The average Bonchev–Trinajstić information content (AvgIpc) is 3.56. The van der Waals surface area contributed by atoms with Crippen LogP contribution in [-0.2, 0) is 14.2 Å². The number of aliphatic hydroxyl groups is 1. The van der Waals surface area contributed by atoms with Gasteiger partial charge in [-0.3, -0.25) is 0 Å². The Hall–Kier alpha value is -1.43. The maximum atomic E-state index is 13.5. The number of esters is 1. The van der Waals surface area contributed by atoms with Gasteiger partial charge in [-0.25, -0.2) is 4.79 Å². The summed E-state index contributed by atoms with van der Waals surface area (Å²) in [7, 11) is 0. The molecule has 1 aliphatic heterocycles. The minimum Gasteiger partial charge on any atom is -0.458 e. The molecule has 1 aromatic carbocycles. The van der Waals surface area contributed by atoms with Gasteiger partial charge in [-0.05, 0) is 110 Å². The second-order valence-corrected chi connectivity index (χ2v) is 15.4. The monoisotopic (exact) mass is 566 g/mol. The molecule has 5 fully saturated rings. The quantitative estimate of drug-likeness (QED) is 0.343. The lowest BCUT2D eigenvalue weighted by molar-refractivity contribution is -0.242. The Labute approximate surface area is 248 Å². The molecule has 1 spiro atoms. The van der Waals surface area contributed by atoms with Crippen LogP contribution in [0.1, 0.15) is 109 Å². The van der Waals surface area contributed by atoms with Gasteiger partial charge in [-0.1, -0.05) is 52.8 Å². The molecule has 5 nitrogen and oxygen atoms in total. The van der Waals surface area contributed by atoms with Gasteiger partial charge in [-0.15, -0.1) is 0 Å². The van der Waals surface area contributed by atoms with Crippen molar-refractivity contribution in [3.8, 4) is 0 Å². The second kappa shape index (κ2) is 11.2. The largest absolute Gasteiger partial charge is 0.458 e. The fourth-order valence-corrected chi connectivity index (χ4v) is 10.7. The molecule has 41 heavy (non-hydrogen) atoms. The molecule has 4 aliphatic carbocycles. The van der Waals surface area contributed by atoms with Gasteiger partial charge in [0.05, 0.1) is 24.9 Å². The van der Waals surface area contributed by atoms with Crippen LogP contribution in [0.4, 0.5) is 0 Å². The zero-order valence-corrected chi connectivity index (χ0v) is 26.1. The molecule has 4 unspecified atom stereocenters. The highest BCUT2D eigenvalue weighted by atomic mass is 16.7. The third-order valence-electron chi connectivity index (χ3n) is 13.2. The predicted octanol–water partition coefficient (Wildman–Crippen LogP) is 7.66. The van der Waals surface area contributed by atoms with Crippen molar-refractivity contribution in [1.82, 2.24) is 0 Å². The van der Waals surface area contributed by atoms with Gasteiger partial charge < -0.3 is 19.3 Å². The number of fused-ring (bicyclic) bond motifs is 5. The molecule has 5 aliphatic rings. The van der Waals surface area contributed by atoms with Gasteiger partial charge in [0.2, 0.25) is 0 Å². The van der Waals surface area contributed by atoms with Gasteiger partial charge in [-0.2, -0.15) is 0 Å². The minimum absolute atomic E-state index is 0.0659. The Balaban J connectivity index is 1.27. The highest BCUT2D eigenvalue weighted by Crippen LogP contribution is 2.69. The Kier molecular flexibility index (Phi) is 8.13. The van der Waals surface area contributed by atoms with Crippen LogP contribution in [-0.4, -0.2) is 42.3 Å². The number of aliphatic hydroxyl groups excluding tert-OH is 1. The molecule has 228 valence electrons. The summed E-state index contributed by atoms with van der Waals surface area (Å²) in [6.07, 6.45) is 10.6. The molecule has 1 saturated heterocycles. The van der Waals surface area contributed by atoms with Crippen LogP contribution in [0.5, 0.6) is 0 Å². The first-order chi connectivity index (χ1) is 19.6. The standard InChI is InChI=1S/C36H54O5/c1-23(2)30(37)14-11-24(3)27-12-13-28-32-29(15-16-35(27,28)5)34(4)17-18-36(39-19-20-40-36)22-26(34)21-31(32)41-33(38)25-9-7-6-8-10-25/h6-10,23-24,26-32,37H,11-22H2,1-5H3/t24-,26+,27?,28?,29?,30-,31-,32?,34+,35-/m1/s1. The normalized spacial score (nSPS) is 41.0. The molecular formula is C36H54O5. The van der Waals surface area contributed by atoms with E-state index in [4.69, 9.17) is 14.2 Å². The number of benzene rings is 1. The van der Waals surface area contributed by atoms with E-state index >= 15 is 0 Å². The van der Waals surface area contributed by atoms with E-state index in [1.54, 1.807) is 0 Å². The van der Waals surface area contributed by atoms with E-state index in [1.165, 1.54) is 25.7 Å². The Morgan fingerprint density at radius 1 is 0.951 bits per heavy atom. The number of carbonyl (C=O) groups is 1. The maximum absolute atomic E-state index is 13.5. The van der Waals surface area contributed by atoms with Gasteiger partial charge in [0, 0.05) is 18.8 Å². The molecule has 0 bridgehead atoms.